The Labute approximate surface area is 168 Å². The first-order valence-electron chi connectivity index (χ1n) is 9.29. The molecule has 0 aliphatic rings. The molecule has 0 heterocycles. The van der Waals surface area contributed by atoms with Crippen molar-refractivity contribution in [1.29, 1.82) is 0 Å². The number of rotatable bonds is 8. The van der Waals surface area contributed by atoms with Crippen molar-refractivity contribution < 1.29 is 13.2 Å². The van der Waals surface area contributed by atoms with E-state index in [-0.39, 0.29) is 0 Å². The molecular weight excluding hydrogens is 374 g/mol. The number of benzene rings is 2. The summed E-state index contributed by atoms with van der Waals surface area (Å²) in [5.41, 5.74) is 2.94. The zero-order valence-corrected chi connectivity index (χ0v) is 17.8. The number of aliphatic imine (C=N–C) groups is 1. The largest absolute Gasteiger partial charge is 0.494 e. The van der Waals surface area contributed by atoms with Crippen LogP contribution in [-0.2, 0) is 22.8 Å². The van der Waals surface area contributed by atoms with Crippen molar-refractivity contribution in [3.05, 3.63) is 59.2 Å². The Morgan fingerprint density at radius 2 is 1.89 bits per heavy atom. The van der Waals surface area contributed by atoms with Crippen molar-refractivity contribution in [3.8, 4) is 5.75 Å². The molecule has 28 heavy (non-hydrogen) atoms. The van der Waals surface area contributed by atoms with Crippen molar-refractivity contribution in [2.75, 3.05) is 26.5 Å². The summed E-state index contributed by atoms with van der Waals surface area (Å²) in [7, 11) is -1.47. The van der Waals surface area contributed by atoms with E-state index in [2.05, 4.69) is 21.7 Å². The summed E-state index contributed by atoms with van der Waals surface area (Å²) in [6, 6.07) is 13.4. The predicted molar refractivity (Wildman–Crippen MR) is 114 cm³/mol. The number of sulfone groups is 1. The molecule has 0 amide bonds. The molecule has 0 atom stereocenters. The molecule has 2 N–H and O–H groups in total. The average Bonchev–Trinajstić information content (AvgIpc) is 2.64. The highest BCUT2D eigenvalue weighted by molar-refractivity contribution is 7.90. The minimum absolute atomic E-state index is 0.369. The fourth-order valence-electron chi connectivity index (χ4n) is 2.93. The number of nitrogens with zero attached hydrogens (tertiary/aromatic N) is 1. The van der Waals surface area contributed by atoms with Crippen LogP contribution in [0.25, 0.3) is 0 Å². The average molecular weight is 404 g/mol. The maximum Gasteiger partial charge on any atom is 0.191 e. The van der Waals surface area contributed by atoms with Gasteiger partial charge in [-0.15, -0.1) is 0 Å². The van der Waals surface area contributed by atoms with Gasteiger partial charge in [0.1, 0.15) is 5.75 Å². The quantitative estimate of drug-likeness (QED) is 0.523. The molecule has 7 heteroatoms. The van der Waals surface area contributed by atoms with E-state index in [1.165, 1.54) is 11.8 Å². The molecule has 0 unspecified atom stereocenters. The van der Waals surface area contributed by atoms with Gasteiger partial charge in [-0.25, -0.2) is 8.42 Å². The van der Waals surface area contributed by atoms with Gasteiger partial charge in [-0.2, -0.15) is 0 Å². The van der Waals surface area contributed by atoms with Crippen LogP contribution in [0.5, 0.6) is 5.75 Å². The van der Waals surface area contributed by atoms with E-state index in [4.69, 9.17) is 4.74 Å². The van der Waals surface area contributed by atoms with Gasteiger partial charge in [0.15, 0.2) is 15.8 Å². The number of guanidine groups is 1. The fraction of sp³-hybridized carbons (Fsp3) is 0.381. The summed E-state index contributed by atoms with van der Waals surface area (Å²) >= 11 is 0. The van der Waals surface area contributed by atoms with Gasteiger partial charge in [-0.1, -0.05) is 24.3 Å². The molecule has 0 spiro atoms. The van der Waals surface area contributed by atoms with E-state index in [1.807, 2.05) is 44.2 Å². The number of ether oxygens (including phenoxy) is 1. The molecule has 0 fully saturated rings. The molecule has 152 valence electrons. The monoisotopic (exact) mass is 403 g/mol. The van der Waals surface area contributed by atoms with Crippen LogP contribution in [0.15, 0.2) is 52.4 Å². The van der Waals surface area contributed by atoms with Gasteiger partial charge >= 0.3 is 0 Å². The summed E-state index contributed by atoms with van der Waals surface area (Å²) in [6.45, 7) is 5.73. The van der Waals surface area contributed by atoms with Crippen molar-refractivity contribution in [1.82, 2.24) is 10.6 Å². The Morgan fingerprint density at radius 3 is 2.54 bits per heavy atom. The molecule has 0 bridgehead atoms. The van der Waals surface area contributed by atoms with Crippen LogP contribution < -0.4 is 15.4 Å². The summed E-state index contributed by atoms with van der Waals surface area (Å²) in [5.74, 6) is 1.58. The Hall–Kier alpha value is -2.54. The van der Waals surface area contributed by atoms with E-state index in [9.17, 15) is 8.42 Å². The Kier molecular flexibility index (Phi) is 7.87. The van der Waals surface area contributed by atoms with Crippen LogP contribution >= 0.6 is 0 Å². The van der Waals surface area contributed by atoms with Gasteiger partial charge in [0.2, 0.25) is 0 Å². The lowest BCUT2D eigenvalue weighted by Crippen LogP contribution is -2.37. The second kappa shape index (κ2) is 10.1. The smallest absolute Gasteiger partial charge is 0.191 e. The maximum absolute atomic E-state index is 11.7. The zero-order chi connectivity index (χ0) is 20.6. The first-order valence-corrected chi connectivity index (χ1v) is 11.2. The van der Waals surface area contributed by atoms with Gasteiger partial charge in [-0.3, -0.25) is 4.99 Å². The van der Waals surface area contributed by atoms with Crippen molar-refractivity contribution in [2.24, 2.45) is 4.99 Å². The molecule has 0 aliphatic heterocycles. The van der Waals surface area contributed by atoms with Gasteiger partial charge in [0.25, 0.3) is 0 Å². The molecule has 0 aliphatic carbocycles. The van der Waals surface area contributed by atoms with Crippen LogP contribution in [0.1, 0.15) is 23.6 Å². The predicted octanol–water partition coefficient (Wildman–Crippen LogP) is 2.70. The number of nitrogens with one attached hydrogen (secondary N) is 2. The number of hydrogen-bond acceptors (Lipinski definition) is 4. The van der Waals surface area contributed by atoms with Gasteiger partial charge in [0, 0.05) is 26.4 Å². The van der Waals surface area contributed by atoms with Crippen molar-refractivity contribution in [3.63, 3.8) is 0 Å². The van der Waals surface area contributed by atoms with Crippen LogP contribution in [-0.4, -0.2) is 40.8 Å². The van der Waals surface area contributed by atoms with E-state index in [0.29, 0.717) is 24.0 Å². The van der Waals surface area contributed by atoms with E-state index in [1.54, 1.807) is 13.1 Å². The lowest BCUT2D eigenvalue weighted by atomic mass is 10.1. The zero-order valence-electron chi connectivity index (χ0n) is 17.0. The SMILES string of the molecule is CCOc1cccc(CCNC(=NC)NCc2ccc(S(C)(=O)=O)c(C)c2)c1. The first kappa shape index (κ1) is 21.8. The minimum Gasteiger partial charge on any atom is -0.494 e. The second-order valence-electron chi connectivity index (χ2n) is 6.55. The molecule has 0 radical (unpaired) electrons. The molecule has 2 aromatic rings. The van der Waals surface area contributed by atoms with Crippen LogP contribution in [0.2, 0.25) is 0 Å². The lowest BCUT2D eigenvalue weighted by Gasteiger charge is -2.13. The molecule has 6 nitrogen and oxygen atoms in total. The third-order valence-corrected chi connectivity index (χ3v) is 5.49. The topological polar surface area (TPSA) is 79.8 Å². The second-order valence-corrected chi connectivity index (χ2v) is 8.54. The van der Waals surface area contributed by atoms with Gasteiger partial charge < -0.3 is 15.4 Å². The number of hydrogen-bond donors (Lipinski definition) is 2. The van der Waals surface area contributed by atoms with Crippen molar-refractivity contribution >= 4 is 15.8 Å². The van der Waals surface area contributed by atoms with Crippen molar-refractivity contribution in [2.45, 2.75) is 31.7 Å². The van der Waals surface area contributed by atoms with Gasteiger partial charge in [-0.05, 0) is 55.2 Å². The Balaban J connectivity index is 1.86. The minimum atomic E-state index is -3.20. The molecule has 2 aromatic carbocycles. The first-order chi connectivity index (χ1) is 13.3. The molecular formula is C21H29N3O3S. The van der Waals surface area contributed by atoms with Gasteiger partial charge in [0.05, 0.1) is 11.5 Å². The maximum atomic E-state index is 11.7. The lowest BCUT2D eigenvalue weighted by molar-refractivity contribution is 0.340. The van der Waals surface area contributed by atoms with E-state index in [0.717, 1.165) is 29.8 Å². The van der Waals surface area contributed by atoms with E-state index >= 15 is 0 Å². The van der Waals surface area contributed by atoms with E-state index < -0.39 is 9.84 Å². The van der Waals surface area contributed by atoms with Crippen LogP contribution in [0, 0.1) is 6.92 Å². The highest BCUT2D eigenvalue weighted by Gasteiger charge is 2.11. The normalized spacial score (nSPS) is 11.9. The standard InChI is InChI=1S/C21H29N3O3S/c1-5-27-19-8-6-7-17(14-19)11-12-23-21(22-3)24-15-18-9-10-20(16(2)13-18)28(4,25)26/h6-10,13-14H,5,11-12,15H2,1-4H3,(H2,22,23,24). The summed E-state index contributed by atoms with van der Waals surface area (Å²) in [4.78, 5) is 4.60. The highest BCUT2D eigenvalue weighted by atomic mass is 32.2. The third-order valence-electron chi connectivity index (χ3n) is 4.24. The molecule has 0 saturated carbocycles. The van der Waals surface area contributed by atoms with Crippen LogP contribution in [0.3, 0.4) is 0 Å². The Morgan fingerprint density at radius 1 is 1.11 bits per heavy atom. The molecule has 0 saturated heterocycles. The highest BCUT2D eigenvalue weighted by Crippen LogP contribution is 2.16. The Bertz CT molecular complexity index is 924. The summed E-state index contributed by atoms with van der Waals surface area (Å²) in [5, 5.41) is 6.55. The summed E-state index contributed by atoms with van der Waals surface area (Å²) in [6.07, 6.45) is 2.08. The summed E-state index contributed by atoms with van der Waals surface area (Å²) < 4.78 is 29.0. The third kappa shape index (κ3) is 6.56. The van der Waals surface area contributed by atoms with Crippen LogP contribution in [0.4, 0.5) is 0 Å². The number of aryl methyl sites for hydroxylation is 1. The molecule has 2 rings (SSSR count). The molecule has 0 aromatic heterocycles. The fourth-order valence-corrected chi connectivity index (χ4v) is 3.89.